The molecule has 3 rings (SSSR count). The fourth-order valence-electron chi connectivity index (χ4n) is 3.06. The summed E-state index contributed by atoms with van der Waals surface area (Å²) in [6.07, 6.45) is 0. The third-order valence-electron chi connectivity index (χ3n) is 4.56. The van der Waals surface area contributed by atoms with Crippen molar-refractivity contribution >= 4 is 23.2 Å². The molecule has 0 saturated carbocycles. The summed E-state index contributed by atoms with van der Waals surface area (Å²) < 4.78 is 18.3. The third kappa shape index (κ3) is 4.36. The minimum absolute atomic E-state index is 0.282. The summed E-state index contributed by atoms with van der Waals surface area (Å²) in [5.41, 5.74) is 2.32. The largest absolute Gasteiger partial charge is 0.495 e. The second-order valence-corrected chi connectivity index (χ2v) is 6.41. The number of piperazine rings is 1. The van der Waals surface area contributed by atoms with E-state index in [1.807, 2.05) is 13.0 Å². The SMILES string of the molecule is COc1ccc(C)cc1NC(=O)C(=O)N1CCN(c2ccc(F)cc2)CC1. The van der Waals surface area contributed by atoms with Gasteiger partial charge in [-0.15, -0.1) is 0 Å². The van der Waals surface area contributed by atoms with Crippen molar-refractivity contribution in [2.45, 2.75) is 6.92 Å². The van der Waals surface area contributed by atoms with E-state index in [9.17, 15) is 14.0 Å². The zero-order valence-corrected chi connectivity index (χ0v) is 15.4. The quantitative estimate of drug-likeness (QED) is 0.842. The maximum Gasteiger partial charge on any atom is 0.314 e. The van der Waals surface area contributed by atoms with Gasteiger partial charge in [-0.25, -0.2) is 4.39 Å². The molecule has 1 fully saturated rings. The van der Waals surface area contributed by atoms with Crippen molar-refractivity contribution in [2.24, 2.45) is 0 Å². The first-order chi connectivity index (χ1) is 13.0. The van der Waals surface area contributed by atoms with Crippen LogP contribution in [0.4, 0.5) is 15.8 Å². The summed E-state index contributed by atoms with van der Waals surface area (Å²) in [6, 6.07) is 11.6. The van der Waals surface area contributed by atoms with Crippen LogP contribution in [-0.2, 0) is 9.59 Å². The maximum absolute atomic E-state index is 13.0. The van der Waals surface area contributed by atoms with Gasteiger partial charge >= 0.3 is 11.8 Å². The summed E-state index contributed by atoms with van der Waals surface area (Å²) in [6.45, 7) is 3.91. The van der Waals surface area contributed by atoms with Gasteiger partial charge in [0.2, 0.25) is 0 Å². The Morgan fingerprint density at radius 3 is 2.33 bits per heavy atom. The van der Waals surface area contributed by atoms with E-state index in [1.165, 1.54) is 24.1 Å². The van der Waals surface area contributed by atoms with Crippen LogP contribution in [0.3, 0.4) is 0 Å². The van der Waals surface area contributed by atoms with E-state index in [1.54, 1.807) is 24.3 Å². The van der Waals surface area contributed by atoms with Crippen LogP contribution < -0.4 is 15.0 Å². The number of carbonyl (C=O) groups excluding carboxylic acids is 2. The number of methoxy groups -OCH3 is 1. The summed E-state index contributed by atoms with van der Waals surface area (Å²) in [5.74, 6) is -1.04. The van der Waals surface area contributed by atoms with E-state index >= 15 is 0 Å². The lowest BCUT2D eigenvalue weighted by Crippen LogP contribution is -2.51. The molecule has 27 heavy (non-hydrogen) atoms. The van der Waals surface area contributed by atoms with Crippen molar-refractivity contribution in [1.82, 2.24) is 4.90 Å². The molecule has 0 unspecified atom stereocenters. The summed E-state index contributed by atoms with van der Waals surface area (Å²) in [5, 5.41) is 2.64. The topological polar surface area (TPSA) is 61.9 Å². The van der Waals surface area contributed by atoms with Gasteiger partial charge in [0, 0.05) is 31.9 Å². The summed E-state index contributed by atoms with van der Waals surface area (Å²) >= 11 is 0. The molecule has 2 aromatic carbocycles. The number of halogens is 1. The second kappa shape index (κ2) is 8.07. The Hall–Kier alpha value is -3.09. The lowest BCUT2D eigenvalue weighted by Gasteiger charge is -2.35. The first-order valence-electron chi connectivity index (χ1n) is 8.73. The fourth-order valence-corrected chi connectivity index (χ4v) is 3.06. The molecular formula is C20H22FN3O3. The average molecular weight is 371 g/mol. The van der Waals surface area contributed by atoms with Crippen LogP contribution in [0.15, 0.2) is 42.5 Å². The molecule has 7 heteroatoms. The number of hydrogen-bond acceptors (Lipinski definition) is 4. The smallest absolute Gasteiger partial charge is 0.314 e. The molecule has 2 aromatic rings. The van der Waals surface area contributed by atoms with E-state index in [0.29, 0.717) is 37.6 Å². The van der Waals surface area contributed by atoms with Crippen molar-refractivity contribution < 1.29 is 18.7 Å². The normalized spacial score (nSPS) is 14.0. The zero-order valence-electron chi connectivity index (χ0n) is 15.4. The summed E-state index contributed by atoms with van der Waals surface area (Å²) in [7, 11) is 1.51. The number of ether oxygens (including phenoxy) is 1. The minimum atomic E-state index is -0.686. The second-order valence-electron chi connectivity index (χ2n) is 6.41. The van der Waals surface area contributed by atoms with Crippen molar-refractivity contribution in [3.63, 3.8) is 0 Å². The van der Waals surface area contributed by atoms with Crippen molar-refractivity contribution in [2.75, 3.05) is 43.5 Å². The predicted molar refractivity (Wildman–Crippen MR) is 102 cm³/mol. The van der Waals surface area contributed by atoms with Crippen LogP contribution in [0.25, 0.3) is 0 Å². The summed E-state index contributed by atoms with van der Waals surface area (Å²) in [4.78, 5) is 28.4. The van der Waals surface area contributed by atoms with Gasteiger partial charge in [0.1, 0.15) is 11.6 Å². The highest BCUT2D eigenvalue weighted by Gasteiger charge is 2.26. The number of anilines is 2. The van der Waals surface area contributed by atoms with E-state index in [4.69, 9.17) is 4.74 Å². The molecule has 0 bridgehead atoms. The highest BCUT2D eigenvalue weighted by atomic mass is 19.1. The first-order valence-corrected chi connectivity index (χ1v) is 8.73. The predicted octanol–water partition coefficient (Wildman–Crippen LogP) is 2.43. The first kappa shape index (κ1) is 18.7. The highest BCUT2D eigenvalue weighted by molar-refractivity contribution is 6.39. The fraction of sp³-hybridized carbons (Fsp3) is 0.300. The van der Waals surface area contributed by atoms with Gasteiger partial charge in [0.15, 0.2) is 0 Å². The molecule has 1 heterocycles. The molecule has 1 saturated heterocycles. The van der Waals surface area contributed by atoms with Crippen molar-refractivity contribution in [3.05, 3.63) is 53.8 Å². The van der Waals surface area contributed by atoms with Gasteiger partial charge in [-0.05, 0) is 48.9 Å². The van der Waals surface area contributed by atoms with Crippen LogP contribution in [0.1, 0.15) is 5.56 Å². The third-order valence-corrected chi connectivity index (χ3v) is 4.56. The number of rotatable bonds is 3. The lowest BCUT2D eigenvalue weighted by atomic mass is 10.2. The van der Waals surface area contributed by atoms with Gasteiger partial charge in [0.25, 0.3) is 0 Å². The van der Waals surface area contributed by atoms with Gasteiger partial charge in [-0.3, -0.25) is 9.59 Å². The number of amides is 2. The molecule has 1 N–H and O–H groups in total. The Kier molecular flexibility index (Phi) is 5.59. The van der Waals surface area contributed by atoms with Crippen LogP contribution in [-0.4, -0.2) is 50.0 Å². The van der Waals surface area contributed by atoms with E-state index in [0.717, 1.165) is 11.3 Å². The number of carbonyl (C=O) groups is 2. The molecule has 142 valence electrons. The van der Waals surface area contributed by atoms with Crippen molar-refractivity contribution in [3.8, 4) is 5.75 Å². The molecule has 6 nitrogen and oxygen atoms in total. The number of nitrogens with one attached hydrogen (secondary N) is 1. The molecule has 2 amide bonds. The molecule has 0 aliphatic carbocycles. The number of benzene rings is 2. The lowest BCUT2D eigenvalue weighted by molar-refractivity contribution is -0.143. The molecule has 1 aliphatic heterocycles. The molecule has 1 aliphatic rings. The van der Waals surface area contributed by atoms with Gasteiger partial charge in [0.05, 0.1) is 12.8 Å². The van der Waals surface area contributed by atoms with Crippen LogP contribution >= 0.6 is 0 Å². The minimum Gasteiger partial charge on any atom is -0.495 e. The Morgan fingerprint density at radius 2 is 1.70 bits per heavy atom. The maximum atomic E-state index is 13.0. The Bertz CT molecular complexity index is 831. The van der Waals surface area contributed by atoms with E-state index < -0.39 is 11.8 Å². The number of hydrogen-bond donors (Lipinski definition) is 1. The Labute approximate surface area is 157 Å². The Balaban J connectivity index is 1.59. The van der Waals surface area contributed by atoms with Crippen LogP contribution in [0.2, 0.25) is 0 Å². The standard InChI is InChI=1S/C20H22FN3O3/c1-14-3-8-18(27-2)17(13-14)22-19(25)20(26)24-11-9-23(10-12-24)16-6-4-15(21)5-7-16/h3-8,13H,9-12H2,1-2H3,(H,22,25). The zero-order chi connectivity index (χ0) is 19.4. The average Bonchev–Trinajstić information content (AvgIpc) is 2.68. The Morgan fingerprint density at radius 1 is 1.04 bits per heavy atom. The number of aryl methyl sites for hydroxylation is 1. The highest BCUT2D eigenvalue weighted by Crippen LogP contribution is 2.25. The molecule has 0 radical (unpaired) electrons. The van der Waals surface area contributed by atoms with Gasteiger partial charge in [-0.2, -0.15) is 0 Å². The molecular weight excluding hydrogens is 349 g/mol. The molecule has 0 aromatic heterocycles. The van der Waals surface area contributed by atoms with E-state index in [-0.39, 0.29) is 5.82 Å². The van der Waals surface area contributed by atoms with Crippen molar-refractivity contribution in [1.29, 1.82) is 0 Å². The van der Waals surface area contributed by atoms with Gasteiger partial charge < -0.3 is 19.9 Å². The van der Waals surface area contributed by atoms with Crippen LogP contribution in [0, 0.1) is 12.7 Å². The van der Waals surface area contributed by atoms with E-state index in [2.05, 4.69) is 10.2 Å². The monoisotopic (exact) mass is 371 g/mol. The van der Waals surface area contributed by atoms with Crippen LogP contribution in [0.5, 0.6) is 5.75 Å². The van der Waals surface area contributed by atoms with Gasteiger partial charge in [-0.1, -0.05) is 6.07 Å². The number of nitrogens with zero attached hydrogens (tertiary/aromatic N) is 2. The molecule has 0 atom stereocenters. The molecule has 0 spiro atoms.